The lowest BCUT2D eigenvalue weighted by molar-refractivity contribution is -0.139. The highest BCUT2D eigenvalue weighted by Crippen LogP contribution is 2.36. The molecule has 5 aromatic carbocycles. The number of nitrogens with one attached hydrogen (secondary N) is 1. The fourth-order valence-electron chi connectivity index (χ4n) is 4.30. The zero-order valence-corrected chi connectivity index (χ0v) is 17.2. The predicted molar refractivity (Wildman–Crippen MR) is 125 cm³/mol. The van der Waals surface area contributed by atoms with Crippen LogP contribution in [0.25, 0.3) is 32.3 Å². The maximum absolute atomic E-state index is 12.4. The van der Waals surface area contributed by atoms with Gasteiger partial charge >= 0.3 is 12.1 Å². The quantitative estimate of drug-likeness (QED) is 0.353. The van der Waals surface area contributed by atoms with Gasteiger partial charge in [0.05, 0.1) is 0 Å². The van der Waals surface area contributed by atoms with E-state index >= 15 is 0 Å². The molecule has 0 aromatic heterocycles. The summed E-state index contributed by atoms with van der Waals surface area (Å²) in [6.07, 6.45) is -0.566. The van der Waals surface area contributed by atoms with Crippen molar-refractivity contribution < 1.29 is 19.4 Å². The third-order valence-electron chi connectivity index (χ3n) is 5.85. The highest BCUT2D eigenvalue weighted by atomic mass is 16.5. The summed E-state index contributed by atoms with van der Waals surface area (Å²) < 4.78 is 5.42. The van der Waals surface area contributed by atoms with Gasteiger partial charge in [0, 0.05) is 6.42 Å². The van der Waals surface area contributed by atoms with Gasteiger partial charge in [-0.1, -0.05) is 84.9 Å². The van der Waals surface area contributed by atoms with E-state index in [1.807, 2.05) is 48.5 Å². The summed E-state index contributed by atoms with van der Waals surface area (Å²) >= 11 is 0. The van der Waals surface area contributed by atoms with Gasteiger partial charge in [-0.3, -0.25) is 0 Å². The van der Waals surface area contributed by atoms with Crippen LogP contribution in [0.15, 0.2) is 84.9 Å². The second-order valence-corrected chi connectivity index (χ2v) is 7.88. The van der Waals surface area contributed by atoms with E-state index < -0.39 is 18.1 Å². The van der Waals surface area contributed by atoms with Crippen molar-refractivity contribution in [3.63, 3.8) is 0 Å². The van der Waals surface area contributed by atoms with Crippen LogP contribution in [0.1, 0.15) is 11.1 Å². The van der Waals surface area contributed by atoms with Gasteiger partial charge in [-0.05, 0) is 43.4 Å². The molecule has 2 N–H and O–H groups in total. The molecule has 0 bridgehead atoms. The highest BCUT2D eigenvalue weighted by molar-refractivity contribution is 6.23. The summed E-state index contributed by atoms with van der Waals surface area (Å²) in [5, 5.41) is 18.8. The Morgan fingerprint density at radius 1 is 0.781 bits per heavy atom. The number of carboxylic acids is 1. The zero-order chi connectivity index (χ0) is 22.1. The van der Waals surface area contributed by atoms with Gasteiger partial charge in [0.25, 0.3) is 0 Å². The normalized spacial score (nSPS) is 12.2. The molecule has 5 rings (SSSR count). The van der Waals surface area contributed by atoms with E-state index in [9.17, 15) is 14.7 Å². The molecule has 0 aliphatic rings. The first-order valence-electron chi connectivity index (χ1n) is 10.5. The summed E-state index contributed by atoms with van der Waals surface area (Å²) in [4.78, 5) is 24.0. The molecule has 5 nitrogen and oxygen atoms in total. The molecule has 0 spiro atoms. The van der Waals surface area contributed by atoms with Gasteiger partial charge in [0.1, 0.15) is 12.6 Å². The Labute approximate surface area is 184 Å². The molecule has 0 saturated carbocycles. The van der Waals surface area contributed by atoms with Crippen LogP contribution in [0.5, 0.6) is 0 Å². The van der Waals surface area contributed by atoms with Crippen molar-refractivity contribution in [2.75, 3.05) is 0 Å². The second kappa shape index (κ2) is 8.19. The maximum atomic E-state index is 12.4. The average Bonchev–Trinajstić information content (AvgIpc) is 2.82. The first-order valence-corrected chi connectivity index (χ1v) is 10.5. The largest absolute Gasteiger partial charge is 0.480 e. The Morgan fingerprint density at radius 3 is 2.16 bits per heavy atom. The fourth-order valence-corrected chi connectivity index (χ4v) is 4.30. The van der Waals surface area contributed by atoms with Crippen molar-refractivity contribution in [2.24, 2.45) is 0 Å². The van der Waals surface area contributed by atoms with Gasteiger partial charge < -0.3 is 15.2 Å². The molecule has 0 aliphatic heterocycles. The van der Waals surface area contributed by atoms with E-state index in [1.54, 1.807) is 0 Å². The molecule has 1 amide bonds. The monoisotopic (exact) mass is 423 g/mol. The van der Waals surface area contributed by atoms with Crippen molar-refractivity contribution in [1.29, 1.82) is 0 Å². The van der Waals surface area contributed by atoms with Gasteiger partial charge in [-0.2, -0.15) is 0 Å². The molecule has 1 atom stereocenters. The van der Waals surface area contributed by atoms with E-state index in [4.69, 9.17) is 4.74 Å². The zero-order valence-electron chi connectivity index (χ0n) is 17.2. The molecular formula is C27H21NO4. The molecule has 0 fully saturated rings. The second-order valence-electron chi connectivity index (χ2n) is 7.88. The average molecular weight is 423 g/mol. The Hall–Kier alpha value is -4.12. The van der Waals surface area contributed by atoms with Crippen molar-refractivity contribution in [1.82, 2.24) is 5.32 Å². The lowest BCUT2D eigenvalue weighted by Gasteiger charge is -2.16. The van der Waals surface area contributed by atoms with Gasteiger partial charge in [0.15, 0.2) is 0 Å². The van der Waals surface area contributed by atoms with E-state index in [1.165, 1.54) is 16.2 Å². The SMILES string of the molecule is O=C(NC(Cc1ccccc1)C(=O)O)OCc1ccc2ccc3cccc4ccc1c2c34. The Bertz CT molecular complexity index is 1410. The first-order chi connectivity index (χ1) is 15.6. The Morgan fingerprint density at radius 2 is 1.44 bits per heavy atom. The third-order valence-corrected chi connectivity index (χ3v) is 5.85. The topological polar surface area (TPSA) is 75.6 Å². The minimum absolute atomic E-state index is 0.0533. The van der Waals surface area contributed by atoms with Crippen molar-refractivity contribution in [3.05, 3.63) is 96.1 Å². The van der Waals surface area contributed by atoms with Gasteiger partial charge in [0.2, 0.25) is 0 Å². The summed E-state index contributed by atoms with van der Waals surface area (Å²) in [6, 6.07) is 26.7. The van der Waals surface area contributed by atoms with Crippen LogP contribution in [-0.2, 0) is 22.6 Å². The molecule has 0 saturated heterocycles. The van der Waals surface area contributed by atoms with Crippen molar-refractivity contribution >= 4 is 44.4 Å². The van der Waals surface area contributed by atoms with Crippen LogP contribution in [0.4, 0.5) is 4.79 Å². The highest BCUT2D eigenvalue weighted by Gasteiger charge is 2.21. The standard InChI is InChI=1S/C27H21NO4/c29-26(30)23(15-17-5-2-1-3-6-17)28-27(31)32-16-21-12-11-20-10-9-18-7-4-8-19-13-14-22(21)25(20)24(18)19/h1-14,23H,15-16H2,(H,28,31)(H,29,30). The number of carboxylic acid groups (broad SMARTS) is 1. The number of rotatable bonds is 6. The molecule has 0 heterocycles. The van der Waals surface area contributed by atoms with E-state index in [0.29, 0.717) is 0 Å². The number of ether oxygens (including phenoxy) is 1. The summed E-state index contributed by atoms with van der Waals surface area (Å²) in [5.74, 6) is -1.10. The lowest BCUT2D eigenvalue weighted by atomic mass is 9.92. The van der Waals surface area contributed by atoms with Crippen LogP contribution in [0.3, 0.4) is 0 Å². The van der Waals surface area contributed by atoms with E-state index in [2.05, 4.69) is 41.7 Å². The fraction of sp³-hybridized carbons (Fsp3) is 0.111. The van der Waals surface area contributed by atoms with Crippen molar-refractivity contribution in [2.45, 2.75) is 19.1 Å². The number of alkyl carbamates (subject to hydrolysis) is 1. The number of hydrogen-bond acceptors (Lipinski definition) is 3. The van der Waals surface area contributed by atoms with Gasteiger partial charge in [-0.25, -0.2) is 9.59 Å². The number of hydrogen-bond donors (Lipinski definition) is 2. The van der Waals surface area contributed by atoms with E-state index in [0.717, 1.165) is 27.3 Å². The number of aliphatic carboxylic acids is 1. The smallest absolute Gasteiger partial charge is 0.408 e. The van der Waals surface area contributed by atoms with Crippen LogP contribution in [0, 0.1) is 0 Å². The third kappa shape index (κ3) is 3.69. The molecule has 32 heavy (non-hydrogen) atoms. The van der Waals surface area contributed by atoms with E-state index in [-0.39, 0.29) is 13.0 Å². The Balaban J connectivity index is 1.36. The number of carbonyl (C=O) groups excluding carboxylic acids is 1. The minimum Gasteiger partial charge on any atom is -0.480 e. The molecular weight excluding hydrogens is 402 g/mol. The molecule has 5 heteroatoms. The number of amides is 1. The Kier molecular flexibility index (Phi) is 5.07. The predicted octanol–water partition coefficient (Wildman–Crippen LogP) is 5.51. The molecule has 0 aliphatic carbocycles. The molecule has 158 valence electrons. The van der Waals surface area contributed by atoms with Crippen LogP contribution >= 0.6 is 0 Å². The van der Waals surface area contributed by atoms with Gasteiger partial charge in [-0.15, -0.1) is 0 Å². The lowest BCUT2D eigenvalue weighted by Crippen LogP contribution is -2.42. The first kappa shape index (κ1) is 19.8. The number of carbonyl (C=O) groups is 2. The molecule has 1 unspecified atom stereocenters. The van der Waals surface area contributed by atoms with Crippen LogP contribution < -0.4 is 5.32 Å². The number of benzene rings is 5. The maximum Gasteiger partial charge on any atom is 0.408 e. The van der Waals surface area contributed by atoms with Crippen LogP contribution in [-0.4, -0.2) is 23.2 Å². The van der Waals surface area contributed by atoms with Crippen molar-refractivity contribution in [3.8, 4) is 0 Å². The molecule has 0 radical (unpaired) electrons. The summed E-state index contributed by atoms with van der Waals surface area (Å²) in [7, 11) is 0. The van der Waals surface area contributed by atoms with Crippen LogP contribution in [0.2, 0.25) is 0 Å². The summed E-state index contributed by atoms with van der Waals surface area (Å²) in [6.45, 7) is 0.0533. The minimum atomic E-state index is -1.10. The molecule has 5 aromatic rings. The summed E-state index contributed by atoms with van der Waals surface area (Å²) in [5.41, 5.74) is 1.70.